The Kier molecular flexibility index (Phi) is 3.40. The summed E-state index contributed by atoms with van der Waals surface area (Å²) < 4.78 is 12.4. The van der Waals surface area contributed by atoms with Crippen LogP contribution in [0.5, 0.6) is 11.5 Å². The van der Waals surface area contributed by atoms with E-state index < -0.39 is 5.97 Å². The monoisotopic (exact) mass is 340 g/mol. The van der Waals surface area contributed by atoms with Gasteiger partial charge in [-0.15, -0.1) is 0 Å². The Morgan fingerprint density at radius 3 is 2.70 bits per heavy atom. The van der Waals surface area contributed by atoms with Gasteiger partial charge in [0, 0.05) is 15.5 Å². The number of fused-ring (bicyclic) bond motifs is 1. The molecule has 108 valence electrons. The second-order valence-corrected chi connectivity index (χ2v) is 6.29. The van der Waals surface area contributed by atoms with Crippen LogP contribution in [0.3, 0.4) is 0 Å². The third-order valence-electron chi connectivity index (χ3n) is 4.11. The van der Waals surface area contributed by atoms with Crippen LogP contribution in [0.4, 0.5) is 0 Å². The van der Waals surface area contributed by atoms with Gasteiger partial charge in [-0.05, 0) is 30.9 Å². The lowest BCUT2D eigenvalue weighted by Crippen LogP contribution is -2.21. The number of ether oxygens (including phenoxy) is 2. The van der Waals surface area contributed by atoms with Crippen LogP contribution in [0.25, 0.3) is 0 Å². The van der Waals surface area contributed by atoms with Crippen LogP contribution in [-0.4, -0.2) is 24.3 Å². The number of aliphatic carboxylic acids is 1. The van der Waals surface area contributed by atoms with Gasteiger partial charge in [0.05, 0.1) is 6.42 Å². The van der Waals surface area contributed by atoms with E-state index in [0.717, 1.165) is 46.4 Å². The first kappa shape index (κ1) is 13.7. The minimum absolute atomic E-state index is 0.179. The molecule has 3 rings (SSSR count). The molecule has 20 heavy (non-hydrogen) atoms. The van der Waals surface area contributed by atoms with E-state index >= 15 is 0 Å². The van der Waals surface area contributed by atoms with Gasteiger partial charge in [0.15, 0.2) is 11.5 Å². The Bertz CT molecular complexity index is 563. The van der Waals surface area contributed by atoms with Crippen LogP contribution in [0.15, 0.2) is 10.5 Å². The molecule has 2 aliphatic rings. The highest BCUT2D eigenvalue weighted by Gasteiger charge is 2.49. The fraction of sp³-hybridized carbons (Fsp3) is 0.533. The zero-order chi connectivity index (χ0) is 14.3. The quantitative estimate of drug-likeness (QED) is 0.913. The highest BCUT2D eigenvalue weighted by Crippen LogP contribution is 2.57. The molecule has 1 N–H and O–H groups in total. The summed E-state index contributed by atoms with van der Waals surface area (Å²) in [6.45, 7) is 3.18. The van der Waals surface area contributed by atoms with Gasteiger partial charge < -0.3 is 14.6 Å². The maximum atomic E-state index is 11.2. The number of hydrogen-bond acceptors (Lipinski definition) is 3. The molecule has 5 heteroatoms. The Morgan fingerprint density at radius 2 is 2.10 bits per heavy atom. The molecule has 0 unspecified atom stereocenters. The van der Waals surface area contributed by atoms with E-state index in [1.807, 2.05) is 6.07 Å². The van der Waals surface area contributed by atoms with Gasteiger partial charge in [0.2, 0.25) is 0 Å². The molecule has 0 radical (unpaired) electrons. The van der Waals surface area contributed by atoms with Crippen molar-refractivity contribution in [3.8, 4) is 11.5 Å². The van der Waals surface area contributed by atoms with Gasteiger partial charge in [0.1, 0.15) is 13.2 Å². The second kappa shape index (κ2) is 4.95. The first-order valence-corrected chi connectivity index (χ1v) is 7.70. The molecule has 1 aliphatic heterocycles. The lowest BCUT2D eigenvalue weighted by Gasteiger charge is -2.27. The maximum Gasteiger partial charge on any atom is 0.304 e. The zero-order valence-corrected chi connectivity index (χ0v) is 13.0. The van der Waals surface area contributed by atoms with E-state index in [1.54, 1.807) is 0 Å². The van der Waals surface area contributed by atoms with E-state index in [-0.39, 0.29) is 11.8 Å². The molecule has 1 saturated carbocycles. The van der Waals surface area contributed by atoms with E-state index in [1.165, 1.54) is 0 Å². The number of carbonyl (C=O) groups is 1. The summed E-state index contributed by atoms with van der Waals surface area (Å²) in [5, 5.41) is 9.17. The van der Waals surface area contributed by atoms with Gasteiger partial charge in [0.25, 0.3) is 0 Å². The molecule has 1 aliphatic carbocycles. The summed E-state index contributed by atoms with van der Waals surface area (Å²) in [6, 6.07) is 1.92. The molecule has 0 atom stereocenters. The highest BCUT2D eigenvalue weighted by atomic mass is 79.9. The van der Waals surface area contributed by atoms with E-state index in [0.29, 0.717) is 13.2 Å². The SMILES string of the molecule is CCc1c2c(cc(Br)c1C1(CC(=O)O)CC1)OCCO2. The fourth-order valence-corrected chi connectivity index (χ4v) is 3.95. The van der Waals surface area contributed by atoms with Gasteiger partial charge in [-0.1, -0.05) is 22.9 Å². The molecular weight excluding hydrogens is 324 g/mol. The predicted molar refractivity (Wildman–Crippen MR) is 77.7 cm³/mol. The largest absolute Gasteiger partial charge is 0.486 e. The molecule has 1 aromatic carbocycles. The molecule has 1 heterocycles. The van der Waals surface area contributed by atoms with Crippen molar-refractivity contribution in [2.45, 2.75) is 38.0 Å². The standard InChI is InChI=1S/C15H17BrO4/c1-2-9-13(15(3-4-15)8-12(17)18)10(16)7-11-14(9)20-6-5-19-11/h7H,2-6,8H2,1H3,(H,17,18). The maximum absolute atomic E-state index is 11.2. The topological polar surface area (TPSA) is 55.8 Å². The van der Waals surface area contributed by atoms with Gasteiger partial charge in [-0.3, -0.25) is 4.79 Å². The van der Waals surface area contributed by atoms with Crippen molar-refractivity contribution in [3.63, 3.8) is 0 Å². The van der Waals surface area contributed by atoms with E-state index in [4.69, 9.17) is 9.47 Å². The fourth-order valence-electron chi connectivity index (χ4n) is 3.09. The minimum Gasteiger partial charge on any atom is -0.486 e. The number of carboxylic acids is 1. The second-order valence-electron chi connectivity index (χ2n) is 5.44. The number of benzene rings is 1. The molecule has 1 fully saturated rings. The molecular formula is C15H17BrO4. The summed E-state index contributed by atoms with van der Waals surface area (Å²) in [6.07, 6.45) is 2.83. The molecule has 0 saturated heterocycles. The first-order chi connectivity index (χ1) is 9.57. The van der Waals surface area contributed by atoms with E-state index in [2.05, 4.69) is 22.9 Å². The Labute approximate surface area is 126 Å². The normalized spacial score (nSPS) is 18.7. The van der Waals surface area contributed by atoms with Crippen molar-refractivity contribution in [1.29, 1.82) is 0 Å². The number of halogens is 1. The summed E-state index contributed by atoms with van der Waals surface area (Å²) >= 11 is 3.60. The molecule has 4 nitrogen and oxygen atoms in total. The van der Waals surface area contributed by atoms with Crippen molar-refractivity contribution >= 4 is 21.9 Å². The van der Waals surface area contributed by atoms with Crippen molar-refractivity contribution in [2.75, 3.05) is 13.2 Å². The average molecular weight is 341 g/mol. The van der Waals surface area contributed by atoms with Crippen molar-refractivity contribution in [1.82, 2.24) is 0 Å². The van der Waals surface area contributed by atoms with Crippen LogP contribution in [0.2, 0.25) is 0 Å². The highest BCUT2D eigenvalue weighted by molar-refractivity contribution is 9.10. The molecule has 0 bridgehead atoms. The first-order valence-electron chi connectivity index (χ1n) is 6.90. The summed E-state index contributed by atoms with van der Waals surface area (Å²) in [5.74, 6) is 0.815. The smallest absolute Gasteiger partial charge is 0.304 e. The van der Waals surface area contributed by atoms with Gasteiger partial charge in [-0.2, -0.15) is 0 Å². The minimum atomic E-state index is -0.744. The summed E-state index contributed by atoms with van der Waals surface area (Å²) in [4.78, 5) is 11.2. The van der Waals surface area contributed by atoms with E-state index in [9.17, 15) is 9.90 Å². The molecule has 0 aromatic heterocycles. The lowest BCUT2D eigenvalue weighted by molar-refractivity contribution is -0.137. The van der Waals surface area contributed by atoms with Crippen molar-refractivity contribution in [2.24, 2.45) is 0 Å². The predicted octanol–water partition coefficient (Wildman–Crippen LogP) is 3.29. The Hall–Kier alpha value is -1.23. The van der Waals surface area contributed by atoms with Gasteiger partial charge in [-0.25, -0.2) is 0 Å². The lowest BCUT2D eigenvalue weighted by atomic mass is 9.86. The van der Waals surface area contributed by atoms with Crippen LogP contribution >= 0.6 is 15.9 Å². The van der Waals surface area contributed by atoms with Crippen LogP contribution in [0, 0.1) is 0 Å². The van der Waals surface area contributed by atoms with Gasteiger partial charge >= 0.3 is 5.97 Å². The van der Waals surface area contributed by atoms with Crippen LogP contribution in [-0.2, 0) is 16.6 Å². The zero-order valence-electron chi connectivity index (χ0n) is 11.4. The third kappa shape index (κ3) is 2.18. The Morgan fingerprint density at radius 1 is 1.40 bits per heavy atom. The van der Waals surface area contributed by atoms with Crippen LogP contribution in [0.1, 0.15) is 37.3 Å². The summed E-state index contributed by atoms with van der Waals surface area (Å²) in [5.41, 5.74) is 1.96. The van der Waals surface area contributed by atoms with Crippen molar-refractivity contribution in [3.05, 3.63) is 21.7 Å². The molecule has 0 amide bonds. The number of rotatable bonds is 4. The third-order valence-corrected chi connectivity index (χ3v) is 4.74. The van der Waals surface area contributed by atoms with Crippen LogP contribution < -0.4 is 9.47 Å². The number of hydrogen-bond donors (Lipinski definition) is 1. The summed E-state index contributed by atoms with van der Waals surface area (Å²) in [7, 11) is 0. The Balaban J connectivity index is 2.13. The number of carboxylic acid groups (broad SMARTS) is 1. The average Bonchev–Trinajstić information content (AvgIpc) is 3.16. The van der Waals surface area contributed by atoms with Crippen molar-refractivity contribution < 1.29 is 19.4 Å². The molecule has 1 aromatic rings. The molecule has 0 spiro atoms.